The highest BCUT2D eigenvalue weighted by Crippen LogP contribution is 2.12. The summed E-state index contributed by atoms with van der Waals surface area (Å²) >= 11 is 5.88. The Balaban J connectivity index is 1.66. The molecule has 2 heterocycles. The summed E-state index contributed by atoms with van der Waals surface area (Å²) in [4.78, 5) is 28.6. The van der Waals surface area contributed by atoms with Crippen LogP contribution in [-0.2, 0) is 22.6 Å². The highest BCUT2D eigenvalue weighted by molar-refractivity contribution is 6.30. The lowest BCUT2D eigenvalue weighted by atomic mass is 10.0. The summed E-state index contributed by atoms with van der Waals surface area (Å²) in [6.45, 7) is 1.78. The van der Waals surface area contributed by atoms with Gasteiger partial charge in [-0.15, -0.1) is 0 Å². The minimum Gasteiger partial charge on any atom is -0.459 e. The molecular formula is C19H17ClN2O3. The number of aromatic nitrogens is 2. The van der Waals surface area contributed by atoms with E-state index < -0.39 is 0 Å². The fraction of sp³-hybridized carbons (Fsp3) is 0.211. The van der Waals surface area contributed by atoms with Crippen molar-refractivity contribution < 1.29 is 9.53 Å². The van der Waals surface area contributed by atoms with E-state index in [0.29, 0.717) is 22.8 Å². The molecule has 0 fully saturated rings. The first kappa shape index (κ1) is 17.2. The van der Waals surface area contributed by atoms with Crippen molar-refractivity contribution in [2.24, 2.45) is 5.92 Å². The lowest BCUT2D eigenvalue weighted by molar-refractivity contribution is -0.149. The van der Waals surface area contributed by atoms with Gasteiger partial charge in [0.15, 0.2) is 0 Å². The first-order valence-electron chi connectivity index (χ1n) is 7.91. The van der Waals surface area contributed by atoms with Crippen LogP contribution in [0.2, 0.25) is 5.02 Å². The number of halogens is 1. The van der Waals surface area contributed by atoms with Crippen LogP contribution in [0.4, 0.5) is 0 Å². The number of esters is 1. The lowest BCUT2D eigenvalue weighted by Crippen LogP contribution is -2.19. The maximum Gasteiger partial charge on any atom is 0.309 e. The number of benzene rings is 1. The molecule has 5 nitrogen and oxygen atoms in total. The molecule has 0 amide bonds. The summed E-state index contributed by atoms with van der Waals surface area (Å²) in [5.41, 5.74) is 1.68. The van der Waals surface area contributed by atoms with Gasteiger partial charge in [-0.3, -0.25) is 14.0 Å². The van der Waals surface area contributed by atoms with Crippen LogP contribution in [-0.4, -0.2) is 15.4 Å². The number of nitrogens with zero attached hydrogens (tertiary/aromatic N) is 2. The molecule has 2 aromatic heterocycles. The minimum atomic E-state index is -0.318. The van der Waals surface area contributed by atoms with Gasteiger partial charge in [0.25, 0.3) is 5.56 Å². The Kier molecular flexibility index (Phi) is 5.14. The Morgan fingerprint density at radius 3 is 2.76 bits per heavy atom. The first-order valence-corrected chi connectivity index (χ1v) is 8.29. The zero-order chi connectivity index (χ0) is 17.8. The fourth-order valence-corrected chi connectivity index (χ4v) is 2.70. The van der Waals surface area contributed by atoms with Gasteiger partial charge in [0.1, 0.15) is 12.3 Å². The molecule has 25 heavy (non-hydrogen) atoms. The molecule has 1 aromatic carbocycles. The predicted octanol–water partition coefficient (Wildman–Crippen LogP) is 3.27. The summed E-state index contributed by atoms with van der Waals surface area (Å²) < 4.78 is 6.67. The van der Waals surface area contributed by atoms with Crippen LogP contribution in [0.3, 0.4) is 0 Å². The molecule has 0 saturated heterocycles. The fourth-order valence-electron chi connectivity index (χ4n) is 2.54. The third kappa shape index (κ3) is 4.25. The Morgan fingerprint density at radius 2 is 2.00 bits per heavy atom. The van der Waals surface area contributed by atoms with Crippen LogP contribution in [0.15, 0.2) is 59.5 Å². The quantitative estimate of drug-likeness (QED) is 0.658. The second kappa shape index (κ2) is 7.49. The first-order chi connectivity index (χ1) is 12.0. The SMILES string of the molecule is C[C@@H](Cc1ccccc1)C(=O)OCc1cc(=O)n2cc(Cl)ccc2n1. The number of carbonyl (C=O) groups excluding carboxylic acids is 1. The molecule has 0 spiro atoms. The van der Waals surface area contributed by atoms with E-state index >= 15 is 0 Å². The maximum absolute atomic E-state index is 12.2. The Morgan fingerprint density at radius 1 is 1.24 bits per heavy atom. The lowest BCUT2D eigenvalue weighted by Gasteiger charge is -2.11. The van der Waals surface area contributed by atoms with Gasteiger partial charge in [-0.2, -0.15) is 0 Å². The molecule has 128 valence electrons. The van der Waals surface area contributed by atoms with Gasteiger partial charge in [0, 0.05) is 12.3 Å². The van der Waals surface area contributed by atoms with Gasteiger partial charge < -0.3 is 4.74 Å². The van der Waals surface area contributed by atoms with Gasteiger partial charge in [-0.05, 0) is 24.1 Å². The van der Waals surface area contributed by atoms with Gasteiger partial charge >= 0.3 is 5.97 Å². The second-order valence-electron chi connectivity index (χ2n) is 5.86. The van der Waals surface area contributed by atoms with Gasteiger partial charge in [0.05, 0.1) is 16.6 Å². The molecule has 0 bridgehead atoms. The normalized spacial score (nSPS) is 12.1. The van der Waals surface area contributed by atoms with Gasteiger partial charge in [0.2, 0.25) is 0 Å². The smallest absolute Gasteiger partial charge is 0.309 e. The molecular weight excluding hydrogens is 340 g/mol. The minimum absolute atomic E-state index is 0.0354. The van der Waals surface area contributed by atoms with Crippen molar-refractivity contribution >= 4 is 23.2 Å². The summed E-state index contributed by atoms with van der Waals surface area (Å²) in [5, 5.41) is 0.449. The monoisotopic (exact) mass is 356 g/mol. The highest BCUT2D eigenvalue weighted by atomic mass is 35.5. The molecule has 0 aliphatic heterocycles. The van der Waals surface area contributed by atoms with Crippen molar-refractivity contribution in [3.8, 4) is 0 Å². The van der Waals surface area contributed by atoms with E-state index in [1.165, 1.54) is 16.7 Å². The van der Waals surface area contributed by atoms with Crippen molar-refractivity contribution in [3.05, 3.63) is 81.4 Å². The zero-order valence-electron chi connectivity index (χ0n) is 13.7. The standard InChI is InChI=1S/C19H17ClN2O3/c1-13(9-14-5-3-2-4-6-14)19(24)25-12-16-10-18(23)22-11-15(20)7-8-17(22)21-16/h2-8,10-11,13H,9,12H2,1H3/t13-/m0/s1. The third-order valence-corrected chi connectivity index (χ3v) is 4.05. The predicted molar refractivity (Wildman–Crippen MR) is 95.6 cm³/mol. The van der Waals surface area contributed by atoms with Crippen LogP contribution in [0, 0.1) is 5.92 Å². The summed E-state index contributed by atoms with van der Waals surface area (Å²) in [5.74, 6) is -0.593. The number of hydrogen-bond acceptors (Lipinski definition) is 4. The van der Waals surface area contributed by atoms with E-state index in [-0.39, 0.29) is 24.1 Å². The average molecular weight is 357 g/mol. The van der Waals surface area contributed by atoms with Crippen LogP contribution in [0.25, 0.3) is 5.65 Å². The van der Waals surface area contributed by atoms with E-state index in [9.17, 15) is 9.59 Å². The largest absolute Gasteiger partial charge is 0.459 e. The van der Waals surface area contributed by atoms with Crippen molar-refractivity contribution in [1.29, 1.82) is 0 Å². The molecule has 0 saturated carbocycles. The number of carbonyl (C=O) groups is 1. The summed E-state index contributed by atoms with van der Waals surface area (Å²) in [6, 6.07) is 14.4. The molecule has 3 rings (SSSR count). The van der Waals surface area contributed by atoms with Crippen LogP contribution < -0.4 is 5.56 Å². The number of hydrogen-bond donors (Lipinski definition) is 0. The molecule has 0 aliphatic carbocycles. The van der Waals surface area contributed by atoms with E-state index in [2.05, 4.69) is 4.98 Å². The van der Waals surface area contributed by atoms with E-state index in [0.717, 1.165) is 5.56 Å². The van der Waals surface area contributed by atoms with Crippen LogP contribution in [0.1, 0.15) is 18.2 Å². The molecule has 0 aliphatic rings. The zero-order valence-corrected chi connectivity index (χ0v) is 14.4. The Bertz CT molecular complexity index is 954. The Labute approximate surface area is 149 Å². The van der Waals surface area contributed by atoms with E-state index in [1.807, 2.05) is 37.3 Å². The molecule has 3 aromatic rings. The van der Waals surface area contributed by atoms with Gasteiger partial charge in [-0.25, -0.2) is 4.98 Å². The maximum atomic E-state index is 12.2. The van der Waals surface area contributed by atoms with Gasteiger partial charge in [-0.1, -0.05) is 48.9 Å². The van der Waals surface area contributed by atoms with E-state index in [1.54, 1.807) is 12.1 Å². The van der Waals surface area contributed by atoms with Crippen molar-refractivity contribution in [2.75, 3.05) is 0 Å². The third-order valence-electron chi connectivity index (χ3n) is 3.83. The molecule has 0 radical (unpaired) electrons. The molecule has 0 unspecified atom stereocenters. The van der Waals surface area contributed by atoms with Crippen molar-refractivity contribution in [1.82, 2.24) is 9.38 Å². The highest BCUT2D eigenvalue weighted by Gasteiger charge is 2.16. The van der Waals surface area contributed by atoms with Crippen molar-refractivity contribution in [2.45, 2.75) is 20.0 Å². The van der Waals surface area contributed by atoms with E-state index in [4.69, 9.17) is 16.3 Å². The summed E-state index contributed by atoms with van der Waals surface area (Å²) in [6.07, 6.45) is 2.11. The summed E-state index contributed by atoms with van der Waals surface area (Å²) in [7, 11) is 0. The number of ether oxygens (including phenoxy) is 1. The number of fused-ring (bicyclic) bond motifs is 1. The second-order valence-corrected chi connectivity index (χ2v) is 6.30. The molecule has 6 heteroatoms. The Hall–Kier alpha value is -2.66. The van der Waals surface area contributed by atoms with Crippen LogP contribution >= 0.6 is 11.6 Å². The topological polar surface area (TPSA) is 60.7 Å². The van der Waals surface area contributed by atoms with Crippen molar-refractivity contribution in [3.63, 3.8) is 0 Å². The molecule has 1 atom stereocenters. The molecule has 0 N–H and O–H groups in total. The number of pyridine rings is 1. The average Bonchev–Trinajstić information content (AvgIpc) is 2.61. The van der Waals surface area contributed by atoms with Crippen LogP contribution in [0.5, 0.6) is 0 Å². The number of rotatable bonds is 5.